The average Bonchev–Trinajstić information content (AvgIpc) is 3.08. The molecule has 1 amide bonds. The summed E-state index contributed by atoms with van der Waals surface area (Å²) in [6.07, 6.45) is 1.54. The molecule has 0 bridgehead atoms. The van der Waals surface area contributed by atoms with E-state index in [1.54, 1.807) is 55.9 Å². The van der Waals surface area contributed by atoms with E-state index >= 15 is 0 Å². The van der Waals surface area contributed by atoms with Crippen LogP contribution in [0.4, 0.5) is 5.69 Å². The molecular weight excluding hydrogens is 310 g/mol. The highest BCUT2D eigenvalue weighted by molar-refractivity contribution is 5.97. The van der Waals surface area contributed by atoms with Gasteiger partial charge in [-0.05, 0) is 42.5 Å². The van der Waals surface area contributed by atoms with Gasteiger partial charge in [0.2, 0.25) is 0 Å². The molecule has 0 spiro atoms. The number of esters is 1. The summed E-state index contributed by atoms with van der Waals surface area (Å²) < 4.78 is 10.1. The van der Waals surface area contributed by atoms with Gasteiger partial charge in [0.15, 0.2) is 6.61 Å². The van der Waals surface area contributed by atoms with Crippen LogP contribution in [-0.2, 0) is 9.53 Å². The molecule has 0 fully saturated rings. The Labute approximate surface area is 137 Å². The van der Waals surface area contributed by atoms with Crippen LogP contribution in [0.25, 0.3) is 11.0 Å². The van der Waals surface area contributed by atoms with E-state index in [1.165, 1.54) is 0 Å². The van der Waals surface area contributed by atoms with E-state index in [4.69, 9.17) is 9.47 Å². The van der Waals surface area contributed by atoms with Gasteiger partial charge in [-0.3, -0.25) is 4.79 Å². The Balaban J connectivity index is 1.55. The Morgan fingerprint density at radius 2 is 1.96 bits per heavy atom. The lowest BCUT2D eigenvalue weighted by Crippen LogP contribution is -2.20. The van der Waals surface area contributed by atoms with Crippen molar-refractivity contribution in [2.75, 3.05) is 19.0 Å². The summed E-state index contributed by atoms with van der Waals surface area (Å²) in [5.74, 6) is -0.304. The molecule has 2 N–H and O–H groups in total. The lowest BCUT2D eigenvalue weighted by molar-refractivity contribution is -0.119. The summed E-state index contributed by atoms with van der Waals surface area (Å²) in [5.41, 5.74) is 2.43. The fourth-order valence-corrected chi connectivity index (χ4v) is 2.15. The Hall–Kier alpha value is -3.35. The van der Waals surface area contributed by atoms with Gasteiger partial charge in [0, 0.05) is 5.69 Å². The number of aromatic amines is 1. The Bertz CT molecular complexity index is 871. The molecule has 7 heteroatoms. The first-order valence-electron chi connectivity index (χ1n) is 7.20. The Kier molecular flexibility index (Phi) is 4.42. The minimum absolute atomic E-state index is 0.351. The van der Waals surface area contributed by atoms with Crippen molar-refractivity contribution in [1.82, 2.24) is 9.97 Å². The number of hydrogen-bond acceptors (Lipinski definition) is 5. The number of amides is 1. The molecule has 2 aromatic carbocycles. The molecule has 1 heterocycles. The maximum Gasteiger partial charge on any atom is 0.338 e. The van der Waals surface area contributed by atoms with Gasteiger partial charge in [0.05, 0.1) is 30.0 Å². The molecule has 3 aromatic rings. The maximum absolute atomic E-state index is 12.0. The van der Waals surface area contributed by atoms with Crippen LogP contribution < -0.4 is 10.1 Å². The molecule has 7 nitrogen and oxygen atoms in total. The van der Waals surface area contributed by atoms with Gasteiger partial charge in [0.25, 0.3) is 5.91 Å². The number of fused-ring (bicyclic) bond motifs is 1. The van der Waals surface area contributed by atoms with E-state index in [2.05, 4.69) is 15.3 Å². The molecule has 1 aromatic heterocycles. The van der Waals surface area contributed by atoms with Crippen molar-refractivity contribution in [1.29, 1.82) is 0 Å². The van der Waals surface area contributed by atoms with E-state index in [-0.39, 0.29) is 6.61 Å². The fraction of sp³-hybridized carbons (Fsp3) is 0.118. The number of rotatable bonds is 5. The van der Waals surface area contributed by atoms with Crippen molar-refractivity contribution in [3.8, 4) is 5.75 Å². The second-order valence-electron chi connectivity index (χ2n) is 4.99. The van der Waals surface area contributed by atoms with Crippen LogP contribution in [0.5, 0.6) is 5.75 Å². The van der Waals surface area contributed by atoms with Gasteiger partial charge in [-0.1, -0.05) is 0 Å². The van der Waals surface area contributed by atoms with Crippen LogP contribution in [0.2, 0.25) is 0 Å². The summed E-state index contributed by atoms with van der Waals surface area (Å²) in [4.78, 5) is 30.8. The van der Waals surface area contributed by atoms with E-state index in [9.17, 15) is 9.59 Å². The van der Waals surface area contributed by atoms with Gasteiger partial charge in [-0.2, -0.15) is 0 Å². The van der Waals surface area contributed by atoms with E-state index in [1.807, 2.05) is 0 Å². The first kappa shape index (κ1) is 15.5. The molecule has 122 valence electrons. The zero-order valence-electron chi connectivity index (χ0n) is 12.9. The topological polar surface area (TPSA) is 93.3 Å². The van der Waals surface area contributed by atoms with Crippen molar-refractivity contribution in [2.45, 2.75) is 0 Å². The van der Waals surface area contributed by atoms with E-state index in [0.717, 1.165) is 11.0 Å². The number of nitrogens with zero attached hydrogens (tertiary/aromatic N) is 1. The molecule has 24 heavy (non-hydrogen) atoms. The number of imidazole rings is 1. The summed E-state index contributed by atoms with van der Waals surface area (Å²) in [6, 6.07) is 11.8. The van der Waals surface area contributed by atoms with Crippen molar-refractivity contribution >= 4 is 28.6 Å². The molecule has 0 aliphatic carbocycles. The third kappa shape index (κ3) is 3.52. The van der Waals surface area contributed by atoms with Gasteiger partial charge >= 0.3 is 5.97 Å². The fourth-order valence-electron chi connectivity index (χ4n) is 2.15. The number of carbonyl (C=O) groups excluding carboxylic acids is 2. The van der Waals surface area contributed by atoms with Crippen LogP contribution in [0.15, 0.2) is 48.8 Å². The number of anilines is 1. The number of benzene rings is 2. The monoisotopic (exact) mass is 325 g/mol. The number of H-pyrrole nitrogens is 1. The molecule has 0 saturated heterocycles. The molecule has 0 aliphatic heterocycles. The SMILES string of the molecule is COc1ccc(NC(=O)COC(=O)c2ccc3nc[nH]c3c2)cc1. The van der Waals surface area contributed by atoms with Crippen molar-refractivity contribution in [3.05, 3.63) is 54.4 Å². The number of aromatic nitrogens is 2. The standard InChI is InChI=1S/C17H15N3O4/c1-23-13-5-3-12(4-6-13)20-16(21)9-24-17(22)11-2-7-14-15(8-11)19-10-18-14/h2-8,10H,9H2,1H3,(H,18,19)(H,20,21). The zero-order valence-corrected chi connectivity index (χ0v) is 12.9. The molecule has 0 aliphatic rings. The molecular formula is C17H15N3O4. The van der Waals surface area contributed by atoms with Crippen LogP contribution in [0.3, 0.4) is 0 Å². The summed E-state index contributed by atoms with van der Waals surface area (Å²) in [6.45, 7) is -0.369. The molecule has 0 saturated carbocycles. The summed E-state index contributed by atoms with van der Waals surface area (Å²) in [7, 11) is 1.56. The van der Waals surface area contributed by atoms with Crippen molar-refractivity contribution in [3.63, 3.8) is 0 Å². The summed E-state index contributed by atoms with van der Waals surface area (Å²) >= 11 is 0. The Morgan fingerprint density at radius 3 is 2.71 bits per heavy atom. The number of ether oxygens (including phenoxy) is 2. The molecule has 0 unspecified atom stereocenters. The minimum atomic E-state index is -0.573. The number of hydrogen-bond donors (Lipinski definition) is 2. The van der Waals surface area contributed by atoms with Gasteiger partial charge in [-0.15, -0.1) is 0 Å². The van der Waals surface area contributed by atoms with Gasteiger partial charge in [0.1, 0.15) is 5.75 Å². The smallest absolute Gasteiger partial charge is 0.338 e. The Morgan fingerprint density at radius 1 is 1.17 bits per heavy atom. The first-order valence-corrected chi connectivity index (χ1v) is 7.20. The zero-order chi connectivity index (χ0) is 16.9. The maximum atomic E-state index is 12.0. The van der Waals surface area contributed by atoms with Crippen LogP contribution in [-0.4, -0.2) is 35.6 Å². The van der Waals surface area contributed by atoms with Crippen LogP contribution >= 0.6 is 0 Å². The van der Waals surface area contributed by atoms with Crippen LogP contribution in [0, 0.1) is 0 Å². The van der Waals surface area contributed by atoms with Crippen molar-refractivity contribution < 1.29 is 19.1 Å². The number of carbonyl (C=O) groups is 2. The van der Waals surface area contributed by atoms with Crippen LogP contribution in [0.1, 0.15) is 10.4 Å². The lowest BCUT2D eigenvalue weighted by Gasteiger charge is -2.07. The van der Waals surface area contributed by atoms with Crippen molar-refractivity contribution in [2.24, 2.45) is 0 Å². The molecule has 0 atom stereocenters. The highest BCUT2D eigenvalue weighted by atomic mass is 16.5. The quantitative estimate of drug-likeness (QED) is 0.702. The third-order valence-corrected chi connectivity index (χ3v) is 3.36. The predicted molar refractivity (Wildman–Crippen MR) is 88.0 cm³/mol. The number of nitrogens with one attached hydrogen (secondary N) is 2. The first-order chi connectivity index (χ1) is 11.7. The summed E-state index contributed by atoms with van der Waals surface area (Å²) in [5, 5.41) is 2.64. The van der Waals surface area contributed by atoms with E-state index < -0.39 is 11.9 Å². The predicted octanol–water partition coefficient (Wildman–Crippen LogP) is 2.37. The highest BCUT2D eigenvalue weighted by Gasteiger charge is 2.11. The van der Waals surface area contributed by atoms with Gasteiger partial charge in [-0.25, -0.2) is 9.78 Å². The van der Waals surface area contributed by atoms with E-state index in [0.29, 0.717) is 17.0 Å². The normalized spacial score (nSPS) is 10.4. The largest absolute Gasteiger partial charge is 0.497 e. The third-order valence-electron chi connectivity index (χ3n) is 3.36. The number of methoxy groups -OCH3 is 1. The molecule has 3 rings (SSSR count). The van der Waals surface area contributed by atoms with Gasteiger partial charge < -0.3 is 19.8 Å². The minimum Gasteiger partial charge on any atom is -0.497 e. The lowest BCUT2D eigenvalue weighted by atomic mass is 10.2. The average molecular weight is 325 g/mol. The molecule has 0 radical (unpaired) electrons. The second-order valence-corrected chi connectivity index (χ2v) is 4.99. The second kappa shape index (κ2) is 6.82. The highest BCUT2D eigenvalue weighted by Crippen LogP contribution is 2.15.